The van der Waals surface area contributed by atoms with Crippen LogP contribution in [0.2, 0.25) is 0 Å². The minimum atomic E-state index is -0.904. The number of fused-ring (bicyclic) bond motifs is 1. The molecule has 2 aliphatic rings. The number of likely N-dealkylation sites (tertiary alicyclic amines) is 2. The van der Waals surface area contributed by atoms with Gasteiger partial charge in [-0.25, -0.2) is 19.6 Å². The second-order valence-corrected chi connectivity index (χ2v) is 18.1. The van der Waals surface area contributed by atoms with Gasteiger partial charge in [0.2, 0.25) is 17.7 Å². The molecule has 1 unspecified atom stereocenters. The summed E-state index contributed by atoms with van der Waals surface area (Å²) < 4.78 is 19.5. The summed E-state index contributed by atoms with van der Waals surface area (Å²) >= 11 is 1.58. The number of nitrogens with two attached hydrogens (primary N) is 1. The molecule has 0 aliphatic carbocycles. The Balaban J connectivity index is 0.741. The molecule has 2 fully saturated rings. The van der Waals surface area contributed by atoms with Crippen LogP contribution < -0.4 is 21.1 Å². The van der Waals surface area contributed by atoms with Crippen molar-refractivity contribution in [2.75, 3.05) is 58.3 Å². The molecule has 2 aliphatic heterocycles. The smallest absolute Gasteiger partial charge is 0.246 e. The number of anilines is 1. The highest BCUT2D eigenvalue weighted by Crippen LogP contribution is 2.35. The van der Waals surface area contributed by atoms with E-state index in [1.54, 1.807) is 11.3 Å². The van der Waals surface area contributed by atoms with Crippen molar-refractivity contribution in [2.24, 2.45) is 5.92 Å². The van der Waals surface area contributed by atoms with Gasteiger partial charge in [0.05, 0.1) is 53.4 Å². The Hall–Kier alpha value is -6.31. The zero-order valence-corrected chi connectivity index (χ0v) is 38.9. The lowest BCUT2D eigenvalue weighted by atomic mass is 10.0. The molecule has 3 amide bonds. The van der Waals surface area contributed by atoms with Gasteiger partial charge in [0.25, 0.3) is 0 Å². The average molecular weight is 931 g/mol. The van der Waals surface area contributed by atoms with Crippen molar-refractivity contribution >= 4 is 45.9 Å². The number of nitrogens with zero attached hydrogens (tertiary/aromatic N) is 7. The number of hydrogen-bond donors (Lipinski definition) is 4. The molecule has 2 saturated heterocycles. The third-order valence-electron chi connectivity index (χ3n) is 12.2. The van der Waals surface area contributed by atoms with Crippen molar-refractivity contribution in [1.29, 1.82) is 0 Å². The molecule has 3 atom stereocenters. The fourth-order valence-corrected chi connectivity index (χ4v) is 9.41. The maximum atomic E-state index is 13.8. The molecule has 5 heterocycles. The van der Waals surface area contributed by atoms with E-state index in [4.69, 9.17) is 25.0 Å². The predicted octanol–water partition coefficient (Wildman–Crippen LogP) is 5.39. The number of β-amino-alcohol motifs (C(OH)–C–C–N with tert-alkyl or cyclic N) is 1. The Morgan fingerprint density at radius 3 is 2.33 bits per heavy atom. The molecule has 18 heteroatoms. The summed E-state index contributed by atoms with van der Waals surface area (Å²) in [7, 11) is 0. The number of ether oxygens (including phenoxy) is 3. The van der Waals surface area contributed by atoms with Crippen LogP contribution in [0.3, 0.4) is 0 Å². The number of aliphatic hydroxyl groups is 1. The van der Waals surface area contributed by atoms with Crippen molar-refractivity contribution < 1.29 is 33.7 Å². The topological polar surface area (TPSA) is 212 Å². The van der Waals surface area contributed by atoms with Gasteiger partial charge in [-0.3, -0.25) is 14.4 Å². The first-order valence-corrected chi connectivity index (χ1v) is 23.6. The second-order valence-electron chi connectivity index (χ2n) is 17.3. The fourth-order valence-electron chi connectivity index (χ4n) is 8.60. The van der Waals surface area contributed by atoms with Crippen LogP contribution in [0.4, 0.5) is 5.82 Å². The zero-order valence-electron chi connectivity index (χ0n) is 38.0. The molecule has 8 rings (SSSR count). The number of aliphatic hydroxyl groups excluding tert-OH is 1. The first-order valence-electron chi connectivity index (χ1n) is 22.8. The van der Waals surface area contributed by atoms with E-state index in [1.807, 2.05) is 110 Å². The molecule has 3 aromatic carbocycles. The second kappa shape index (κ2) is 22.0. The minimum Gasteiger partial charge on any atom is -0.457 e. The molecular formula is C49H58N10O7S. The fraction of sp³-hybridized carbons (Fsp3) is 0.408. The van der Waals surface area contributed by atoms with Crippen LogP contribution in [0.5, 0.6) is 11.5 Å². The number of carbonyl (C=O) groups excluding carboxylic acids is 3. The Morgan fingerprint density at radius 1 is 0.896 bits per heavy atom. The van der Waals surface area contributed by atoms with Crippen LogP contribution in [0, 0.1) is 12.8 Å². The first-order chi connectivity index (χ1) is 32.5. The van der Waals surface area contributed by atoms with Crippen molar-refractivity contribution in [3.05, 3.63) is 102 Å². The van der Waals surface area contributed by atoms with Crippen LogP contribution in [-0.2, 0) is 30.4 Å². The molecular weight excluding hydrogens is 873 g/mol. The number of rotatable bonds is 19. The Labute approximate surface area is 393 Å². The standard InChI is InChI=1S/C49H58N10O7S/c1-31(2)43(49(63)58-27-37(60)25-40(58)48(62)51-26-33-9-11-35(12-10-33)45-32(3)54-30-67-45)55-41(61)28-65-24-23-64-22-21-57-19-17-36(18-20-57)59-47-42(46(50)52-29-53-47)44(56-59)34-13-15-39(16-14-34)66-38-7-5-4-6-8-38/h4-16,29-31,36-37,40,43,60H,17-28H2,1-3H3,(H,51,62)(H,55,61)(H2,50,52,53)/t37-,40+,43?/m1/s1. The quantitative estimate of drug-likeness (QED) is 0.0752. The maximum absolute atomic E-state index is 13.8. The molecule has 67 heavy (non-hydrogen) atoms. The summed E-state index contributed by atoms with van der Waals surface area (Å²) in [5.74, 6) is 0.355. The third kappa shape index (κ3) is 11.6. The average Bonchev–Trinajstić information content (AvgIpc) is 4.07. The largest absolute Gasteiger partial charge is 0.457 e. The predicted molar refractivity (Wildman–Crippen MR) is 255 cm³/mol. The molecule has 0 saturated carbocycles. The molecule has 0 radical (unpaired) electrons. The normalized spacial score (nSPS) is 17.2. The molecule has 0 spiro atoms. The number of hydrogen-bond acceptors (Lipinski definition) is 14. The van der Waals surface area contributed by atoms with E-state index in [9.17, 15) is 19.5 Å². The van der Waals surface area contributed by atoms with E-state index in [0.717, 1.165) is 82.3 Å². The first kappa shape index (κ1) is 47.2. The number of thiazole rings is 1. The summed E-state index contributed by atoms with van der Waals surface area (Å²) in [4.78, 5) is 58.2. The highest BCUT2D eigenvalue weighted by molar-refractivity contribution is 7.13. The Kier molecular flexibility index (Phi) is 15.5. The number of piperidine rings is 1. The lowest BCUT2D eigenvalue weighted by molar-refractivity contribution is -0.143. The highest BCUT2D eigenvalue weighted by atomic mass is 32.1. The Bertz CT molecular complexity index is 2600. The van der Waals surface area contributed by atoms with Gasteiger partial charge in [-0.05, 0) is 73.2 Å². The van der Waals surface area contributed by atoms with Gasteiger partial charge in [0.15, 0.2) is 5.65 Å². The van der Waals surface area contributed by atoms with Gasteiger partial charge in [0, 0.05) is 44.7 Å². The summed E-state index contributed by atoms with van der Waals surface area (Å²) in [6.45, 7) is 9.09. The summed E-state index contributed by atoms with van der Waals surface area (Å²) in [6.07, 6.45) is 2.48. The van der Waals surface area contributed by atoms with Crippen molar-refractivity contribution in [3.63, 3.8) is 0 Å². The van der Waals surface area contributed by atoms with Crippen molar-refractivity contribution in [2.45, 2.75) is 70.8 Å². The van der Waals surface area contributed by atoms with Gasteiger partial charge in [-0.2, -0.15) is 5.10 Å². The minimum absolute atomic E-state index is 0.000665. The number of amides is 3. The van der Waals surface area contributed by atoms with Crippen LogP contribution in [0.25, 0.3) is 32.7 Å². The van der Waals surface area contributed by atoms with E-state index in [2.05, 4.69) is 30.5 Å². The number of benzene rings is 3. The molecule has 6 aromatic rings. The Morgan fingerprint density at radius 2 is 1.61 bits per heavy atom. The maximum Gasteiger partial charge on any atom is 0.246 e. The van der Waals surface area contributed by atoms with E-state index in [0.29, 0.717) is 24.7 Å². The monoisotopic (exact) mass is 930 g/mol. The molecule has 352 valence electrons. The summed E-state index contributed by atoms with van der Waals surface area (Å²) in [5.41, 5.74) is 13.5. The van der Waals surface area contributed by atoms with E-state index >= 15 is 0 Å². The number of nitrogen functional groups attached to an aromatic ring is 1. The van der Waals surface area contributed by atoms with E-state index in [-0.39, 0.29) is 50.6 Å². The van der Waals surface area contributed by atoms with Crippen LogP contribution in [-0.4, -0.2) is 128 Å². The molecule has 0 bridgehead atoms. The van der Waals surface area contributed by atoms with E-state index in [1.165, 1.54) is 11.2 Å². The summed E-state index contributed by atoms with van der Waals surface area (Å²) in [5, 5.41) is 22.0. The van der Waals surface area contributed by atoms with Gasteiger partial charge in [-0.15, -0.1) is 11.3 Å². The highest BCUT2D eigenvalue weighted by Gasteiger charge is 2.42. The van der Waals surface area contributed by atoms with Gasteiger partial charge in [-0.1, -0.05) is 56.3 Å². The summed E-state index contributed by atoms with van der Waals surface area (Å²) in [6, 6.07) is 23.7. The third-order valence-corrected chi connectivity index (χ3v) is 13.2. The number of aryl methyl sites for hydroxylation is 1. The molecule has 17 nitrogen and oxygen atoms in total. The van der Waals surface area contributed by atoms with Gasteiger partial charge in [0.1, 0.15) is 48.0 Å². The van der Waals surface area contributed by atoms with E-state index < -0.39 is 30.0 Å². The van der Waals surface area contributed by atoms with Crippen LogP contribution >= 0.6 is 11.3 Å². The lowest BCUT2D eigenvalue weighted by Crippen LogP contribution is -2.55. The SMILES string of the molecule is Cc1ncsc1-c1ccc(CNC(=O)[C@@H]2C[C@@H](O)CN2C(=O)C(NC(=O)COCCOCCN2CCC(n3nc(-c4ccc(Oc5ccccc5)cc4)c4c(N)ncnc43)CC2)C(C)C)cc1. The zero-order chi connectivity index (χ0) is 46.9. The number of nitrogens with one attached hydrogen (secondary N) is 2. The van der Waals surface area contributed by atoms with Crippen LogP contribution in [0.1, 0.15) is 50.4 Å². The number of aromatic nitrogens is 5. The van der Waals surface area contributed by atoms with Crippen LogP contribution in [0.15, 0.2) is 90.7 Å². The number of carbonyl (C=O) groups is 3. The lowest BCUT2D eigenvalue weighted by Gasteiger charge is -2.32. The molecule has 5 N–H and O–H groups in total. The van der Waals surface area contributed by atoms with Crippen molar-refractivity contribution in [3.8, 4) is 33.2 Å². The molecule has 3 aromatic heterocycles. The van der Waals surface area contributed by atoms with Gasteiger partial charge >= 0.3 is 0 Å². The van der Waals surface area contributed by atoms with Crippen molar-refractivity contribution in [1.82, 2.24) is 45.2 Å². The van der Waals surface area contributed by atoms with Gasteiger partial charge < -0.3 is 45.5 Å². The number of para-hydroxylation sites is 1.